The van der Waals surface area contributed by atoms with Crippen molar-refractivity contribution in [3.63, 3.8) is 0 Å². The molecule has 0 saturated carbocycles. The zero-order valence-corrected chi connectivity index (χ0v) is 11.6. The van der Waals surface area contributed by atoms with Crippen LogP contribution in [-0.4, -0.2) is 26.2 Å². The summed E-state index contributed by atoms with van der Waals surface area (Å²) in [4.78, 5) is 15.9. The van der Waals surface area contributed by atoms with Gasteiger partial charge in [0.05, 0.1) is 12.8 Å². The summed E-state index contributed by atoms with van der Waals surface area (Å²) >= 11 is 1.27. The normalized spacial score (nSPS) is 10.9. The van der Waals surface area contributed by atoms with Gasteiger partial charge in [0, 0.05) is 23.2 Å². The van der Waals surface area contributed by atoms with Crippen molar-refractivity contribution in [2.45, 2.75) is 32.9 Å². The van der Waals surface area contributed by atoms with E-state index in [0.717, 1.165) is 11.3 Å². The van der Waals surface area contributed by atoms with E-state index in [9.17, 15) is 4.79 Å². The monoisotopic (exact) mass is 280 g/mol. The van der Waals surface area contributed by atoms with E-state index in [2.05, 4.69) is 34.3 Å². The van der Waals surface area contributed by atoms with E-state index in [1.165, 1.54) is 11.3 Å². The molecule has 2 aromatic heterocycles. The van der Waals surface area contributed by atoms with Gasteiger partial charge in [-0.3, -0.25) is 9.89 Å². The SMILES string of the molecule is CC(C)c1[nH]ncc1CNC(=O)c1csc(CO)n1. The number of hydrogen-bond acceptors (Lipinski definition) is 5. The molecule has 0 atom stereocenters. The number of aromatic amines is 1. The third-order valence-corrected chi connectivity index (χ3v) is 3.52. The van der Waals surface area contributed by atoms with Crippen molar-refractivity contribution < 1.29 is 9.90 Å². The Morgan fingerprint density at radius 3 is 3.00 bits per heavy atom. The van der Waals surface area contributed by atoms with Gasteiger partial charge in [0.15, 0.2) is 0 Å². The Bertz CT molecular complexity index is 562. The Kier molecular flexibility index (Phi) is 4.28. The van der Waals surface area contributed by atoms with Crippen molar-refractivity contribution in [2.24, 2.45) is 0 Å². The van der Waals surface area contributed by atoms with Crippen LogP contribution in [0.4, 0.5) is 0 Å². The van der Waals surface area contributed by atoms with Crippen molar-refractivity contribution in [1.29, 1.82) is 0 Å². The molecule has 0 saturated heterocycles. The minimum absolute atomic E-state index is 0.142. The number of amides is 1. The van der Waals surface area contributed by atoms with E-state index in [0.29, 0.717) is 23.2 Å². The molecular weight excluding hydrogens is 264 g/mol. The molecule has 19 heavy (non-hydrogen) atoms. The second kappa shape index (κ2) is 5.94. The summed E-state index contributed by atoms with van der Waals surface area (Å²) in [7, 11) is 0. The van der Waals surface area contributed by atoms with E-state index < -0.39 is 0 Å². The van der Waals surface area contributed by atoms with E-state index in [4.69, 9.17) is 5.11 Å². The van der Waals surface area contributed by atoms with Gasteiger partial charge in [-0.05, 0) is 5.92 Å². The van der Waals surface area contributed by atoms with Crippen LogP contribution >= 0.6 is 11.3 Å². The van der Waals surface area contributed by atoms with Gasteiger partial charge >= 0.3 is 0 Å². The molecule has 0 aliphatic rings. The van der Waals surface area contributed by atoms with Gasteiger partial charge < -0.3 is 10.4 Å². The molecule has 1 amide bonds. The van der Waals surface area contributed by atoms with Crippen LogP contribution in [-0.2, 0) is 13.2 Å². The van der Waals surface area contributed by atoms with Gasteiger partial charge in [-0.1, -0.05) is 13.8 Å². The molecule has 7 heteroatoms. The summed E-state index contributed by atoms with van der Waals surface area (Å²) in [5.41, 5.74) is 2.33. The zero-order chi connectivity index (χ0) is 13.8. The van der Waals surface area contributed by atoms with E-state index in [1.54, 1.807) is 11.6 Å². The van der Waals surface area contributed by atoms with Crippen LogP contribution in [0.1, 0.15) is 46.5 Å². The fourth-order valence-corrected chi connectivity index (χ4v) is 2.35. The summed E-state index contributed by atoms with van der Waals surface area (Å²) in [5, 5.41) is 20.8. The van der Waals surface area contributed by atoms with Crippen LogP contribution in [0.25, 0.3) is 0 Å². The van der Waals surface area contributed by atoms with Crippen molar-refractivity contribution in [3.8, 4) is 0 Å². The number of nitrogens with zero attached hydrogens (tertiary/aromatic N) is 2. The molecular formula is C12H16N4O2S. The number of rotatable bonds is 5. The summed E-state index contributed by atoms with van der Waals surface area (Å²) in [6.07, 6.45) is 1.72. The number of nitrogens with one attached hydrogen (secondary N) is 2. The number of H-pyrrole nitrogens is 1. The van der Waals surface area contributed by atoms with Gasteiger partial charge in [-0.15, -0.1) is 11.3 Å². The van der Waals surface area contributed by atoms with E-state index >= 15 is 0 Å². The fourth-order valence-electron chi connectivity index (χ4n) is 1.72. The molecule has 102 valence electrons. The van der Waals surface area contributed by atoms with Gasteiger partial charge in [-0.2, -0.15) is 5.10 Å². The van der Waals surface area contributed by atoms with E-state index in [1.807, 2.05) is 0 Å². The third kappa shape index (κ3) is 3.18. The minimum atomic E-state index is -0.244. The topological polar surface area (TPSA) is 90.9 Å². The van der Waals surface area contributed by atoms with E-state index in [-0.39, 0.29) is 12.5 Å². The molecule has 0 radical (unpaired) electrons. The number of aliphatic hydroxyl groups is 1. The smallest absolute Gasteiger partial charge is 0.271 e. The van der Waals surface area contributed by atoms with Crippen LogP contribution in [0.2, 0.25) is 0 Å². The summed E-state index contributed by atoms with van der Waals surface area (Å²) in [6, 6.07) is 0. The number of thiazole rings is 1. The summed E-state index contributed by atoms with van der Waals surface area (Å²) in [6.45, 7) is 4.39. The highest BCUT2D eigenvalue weighted by molar-refractivity contribution is 7.09. The maximum absolute atomic E-state index is 11.9. The average molecular weight is 280 g/mol. The fraction of sp³-hybridized carbons (Fsp3) is 0.417. The molecule has 0 aromatic carbocycles. The average Bonchev–Trinajstić information content (AvgIpc) is 3.04. The lowest BCUT2D eigenvalue weighted by atomic mass is 10.1. The highest BCUT2D eigenvalue weighted by atomic mass is 32.1. The highest BCUT2D eigenvalue weighted by Gasteiger charge is 2.13. The largest absolute Gasteiger partial charge is 0.389 e. The lowest BCUT2D eigenvalue weighted by molar-refractivity contribution is 0.0946. The molecule has 2 aromatic rings. The van der Waals surface area contributed by atoms with Crippen molar-refractivity contribution in [2.75, 3.05) is 0 Å². The minimum Gasteiger partial charge on any atom is -0.389 e. The molecule has 0 unspecified atom stereocenters. The predicted molar refractivity (Wildman–Crippen MR) is 71.9 cm³/mol. The maximum Gasteiger partial charge on any atom is 0.271 e. The van der Waals surface area contributed by atoms with Crippen LogP contribution in [0.3, 0.4) is 0 Å². The Labute approximate surface area is 114 Å². The number of aromatic nitrogens is 3. The van der Waals surface area contributed by atoms with Gasteiger partial charge in [0.25, 0.3) is 5.91 Å². The highest BCUT2D eigenvalue weighted by Crippen LogP contribution is 2.16. The molecule has 2 heterocycles. The molecule has 6 nitrogen and oxygen atoms in total. The molecule has 3 N–H and O–H groups in total. The van der Waals surface area contributed by atoms with Crippen molar-refractivity contribution in [1.82, 2.24) is 20.5 Å². The quantitative estimate of drug-likeness (QED) is 0.772. The standard InChI is InChI=1S/C12H16N4O2S/c1-7(2)11-8(4-14-16-11)3-13-12(18)9-6-19-10(5-17)15-9/h4,6-7,17H,3,5H2,1-2H3,(H,13,18)(H,14,16). The summed E-state index contributed by atoms with van der Waals surface area (Å²) < 4.78 is 0. The van der Waals surface area contributed by atoms with Gasteiger partial charge in [-0.25, -0.2) is 4.98 Å². The molecule has 0 spiro atoms. The number of aliphatic hydroxyl groups excluding tert-OH is 1. The first-order chi connectivity index (χ1) is 9.11. The lowest BCUT2D eigenvalue weighted by Crippen LogP contribution is -2.23. The lowest BCUT2D eigenvalue weighted by Gasteiger charge is -2.06. The predicted octanol–water partition coefficient (Wildman–Crippen LogP) is 1.41. The van der Waals surface area contributed by atoms with Crippen LogP contribution in [0.5, 0.6) is 0 Å². The Morgan fingerprint density at radius 1 is 1.58 bits per heavy atom. The van der Waals surface area contributed by atoms with Crippen molar-refractivity contribution >= 4 is 17.2 Å². The zero-order valence-electron chi connectivity index (χ0n) is 10.8. The molecule has 2 rings (SSSR count). The third-order valence-electron chi connectivity index (χ3n) is 2.69. The number of carbonyl (C=O) groups excluding carboxylic acids is 1. The molecule has 0 fully saturated rings. The first-order valence-electron chi connectivity index (χ1n) is 5.97. The van der Waals surface area contributed by atoms with Crippen molar-refractivity contribution in [3.05, 3.63) is 33.5 Å². The Balaban J connectivity index is 1.98. The first-order valence-corrected chi connectivity index (χ1v) is 6.85. The van der Waals surface area contributed by atoms with Crippen LogP contribution < -0.4 is 5.32 Å². The van der Waals surface area contributed by atoms with Gasteiger partial charge in [0.1, 0.15) is 10.7 Å². The molecule has 0 aliphatic heterocycles. The van der Waals surface area contributed by atoms with Gasteiger partial charge in [0.2, 0.25) is 0 Å². The molecule has 0 bridgehead atoms. The second-order valence-corrected chi connectivity index (χ2v) is 5.37. The Morgan fingerprint density at radius 2 is 2.37 bits per heavy atom. The number of carbonyl (C=O) groups is 1. The van der Waals surface area contributed by atoms with Crippen LogP contribution in [0.15, 0.2) is 11.6 Å². The Hall–Kier alpha value is -1.73. The van der Waals surface area contributed by atoms with Crippen LogP contribution in [0, 0.1) is 0 Å². The summed E-state index contributed by atoms with van der Waals surface area (Å²) in [5.74, 6) is 0.0847. The molecule has 0 aliphatic carbocycles. The first kappa shape index (κ1) is 13.7. The number of hydrogen-bond donors (Lipinski definition) is 3. The second-order valence-electron chi connectivity index (χ2n) is 4.43. The maximum atomic E-state index is 11.9.